The quantitative estimate of drug-likeness (QED) is 0.416. The highest BCUT2D eigenvalue weighted by Gasteiger charge is 2.64. The molecule has 3 N–H and O–H groups in total. The molecule has 34 heavy (non-hydrogen) atoms. The number of hydrogen-bond donors (Lipinski definition) is 3. The number of benzene rings is 1. The van der Waals surface area contributed by atoms with Crippen molar-refractivity contribution in [1.82, 2.24) is 10.6 Å². The van der Waals surface area contributed by atoms with Gasteiger partial charge in [-0.3, -0.25) is 14.9 Å². The van der Waals surface area contributed by atoms with Crippen molar-refractivity contribution in [2.45, 2.75) is 57.5 Å². The third-order valence-corrected chi connectivity index (χ3v) is 6.29. The van der Waals surface area contributed by atoms with Crippen LogP contribution in [0.2, 0.25) is 0 Å². The molecular formula is C25H31N3O6. The van der Waals surface area contributed by atoms with Gasteiger partial charge < -0.3 is 20.1 Å². The summed E-state index contributed by atoms with van der Waals surface area (Å²) in [6, 6.07) is 7.58. The van der Waals surface area contributed by atoms with Gasteiger partial charge in [0.05, 0.1) is 18.2 Å². The molecule has 9 heteroatoms. The van der Waals surface area contributed by atoms with E-state index in [9.17, 15) is 19.2 Å². The fourth-order valence-electron chi connectivity index (χ4n) is 4.74. The highest BCUT2D eigenvalue weighted by atomic mass is 16.6. The molecule has 3 amide bonds. The summed E-state index contributed by atoms with van der Waals surface area (Å²) in [5, 5.41) is 7.55. The Morgan fingerprint density at radius 2 is 1.56 bits per heavy atom. The van der Waals surface area contributed by atoms with E-state index in [0.29, 0.717) is 24.9 Å². The summed E-state index contributed by atoms with van der Waals surface area (Å²) in [7, 11) is 1.17. The predicted octanol–water partition coefficient (Wildman–Crippen LogP) is 3.28. The molecule has 0 aliphatic heterocycles. The van der Waals surface area contributed by atoms with Crippen LogP contribution in [0, 0.1) is 5.41 Å². The first-order valence-corrected chi connectivity index (χ1v) is 11.0. The second-order valence-corrected chi connectivity index (χ2v) is 9.98. The topological polar surface area (TPSA) is 123 Å². The van der Waals surface area contributed by atoms with Gasteiger partial charge in [0.1, 0.15) is 11.3 Å². The molecule has 0 spiro atoms. The Labute approximate surface area is 198 Å². The minimum Gasteiger partial charge on any atom is -0.464 e. The Balaban J connectivity index is 1.56. The van der Waals surface area contributed by atoms with Crippen LogP contribution < -0.4 is 16.0 Å². The van der Waals surface area contributed by atoms with Gasteiger partial charge >= 0.3 is 12.1 Å². The van der Waals surface area contributed by atoms with Crippen LogP contribution in [0.15, 0.2) is 48.8 Å². The van der Waals surface area contributed by atoms with Gasteiger partial charge in [0, 0.05) is 5.69 Å². The molecule has 1 aromatic carbocycles. The van der Waals surface area contributed by atoms with Gasteiger partial charge in [-0.1, -0.05) is 25.3 Å². The third-order valence-electron chi connectivity index (χ3n) is 6.29. The maximum atomic E-state index is 12.9. The lowest BCUT2D eigenvalue weighted by Gasteiger charge is -2.46. The Morgan fingerprint density at radius 3 is 2.12 bits per heavy atom. The highest BCUT2D eigenvalue weighted by molar-refractivity contribution is 6.02. The first-order valence-electron chi connectivity index (χ1n) is 11.0. The van der Waals surface area contributed by atoms with Crippen LogP contribution >= 0.6 is 0 Å². The van der Waals surface area contributed by atoms with Gasteiger partial charge in [-0.05, 0) is 69.6 Å². The second-order valence-electron chi connectivity index (χ2n) is 9.98. The lowest BCUT2D eigenvalue weighted by atomic mass is 9.57. The number of anilines is 1. The first kappa shape index (κ1) is 25.0. The maximum absolute atomic E-state index is 12.9. The fourth-order valence-corrected chi connectivity index (χ4v) is 4.74. The van der Waals surface area contributed by atoms with Crippen molar-refractivity contribution in [3.63, 3.8) is 0 Å². The zero-order valence-electron chi connectivity index (χ0n) is 20.0. The van der Waals surface area contributed by atoms with Gasteiger partial charge in [0.15, 0.2) is 0 Å². The summed E-state index contributed by atoms with van der Waals surface area (Å²) in [4.78, 5) is 48.4. The molecule has 0 radical (unpaired) electrons. The average molecular weight is 470 g/mol. The Morgan fingerprint density at radius 1 is 0.941 bits per heavy atom. The number of carbonyl (C=O) groups excluding carboxylic acids is 4. The van der Waals surface area contributed by atoms with Crippen LogP contribution in [0.1, 0.15) is 52.0 Å². The minimum absolute atomic E-state index is 0.107. The van der Waals surface area contributed by atoms with E-state index in [1.807, 2.05) is 24.3 Å². The lowest BCUT2D eigenvalue weighted by molar-refractivity contribution is -0.137. The third kappa shape index (κ3) is 5.13. The molecule has 4 rings (SSSR count). The van der Waals surface area contributed by atoms with Crippen molar-refractivity contribution in [3.05, 3.63) is 54.4 Å². The summed E-state index contributed by atoms with van der Waals surface area (Å²) >= 11 is 0. The SMILES string of the molecule is C=C(NC(=O)C12CCC(c3ccc(NC(=O)OC(C)(C)C)cc3)(C1)C2)C(=O)NC(=C)C(=O)OC. The first-order chi connectivity index (χ1) is 15.8. The summed E-state index contributed by atoms with van der Waals surface area (Å²) < 4.78 is 9.75. The van der Waals surface area contributed by atoms with E-state index < -0.39 is 29.0 Å². The van der Waals surface area contributed by atoms with Crippen molar-refractivity contribution in [3.8, 4) is 0 Å². The number of esters is 1. The molecule has 3 saturated carbocycles. The monoisotopic (exact) mass is 469 g/mol. The zero-order valence-corrected chi connectivity index (χ0v) is 20.0. The average Bonchev–Trinajstić information content (AvgIpc) is 3.30. The van der Waals surface area contributed by atoms with E-state index >= 15 is 0 Å². The molecule has 0 saturated heterocycles. The Kier molecular flexibility index (Phi) is 6.59. The number of nitrogens with one attached hydrogen (secondary N) is 3. The normalized spacial score (nSPS) is 22.6. The molecule has 1 aromatic rings. The molecule has 0 heterocycles. The molecule has 0 unspecified atom stereocenters. The number of ether oxygens (including phenoxy) is 2. The Hall–Kier alpha value is -3.62. The number of methoxy groups -OCH3 is 1. The van der Waals surface area contributed by atoms with E-state index in [-0.39, 0.29) is 22.7 Å². The molecule has 182 valence electrons. The lowest BCUT2D eigenvalue weighted by Crippen LogP contribution is -2.51. The maximum Gasteiger partial charge on any atom is 0.412 e. The van der Waals surface area contributed by atoms with Gasteiger partial charge in [-0.2, -0.15) is 0 Å². The molecule has 0 atom stereocenters. The van der Waals surface area contributed by atoms with Crippen molar-refractivity contribution >= 4 is 29.6 Å². The van der Waals surface area contributed by atoms with Gasteiger partial charge in [-0.15, -0.1) is 0 Å². The summed E-state index contributed by atoms with van der Waals surface area (Å²) in [6.45, 7) is 12.4. The molecule has 3 fully saturated rings. The number of carbonyl (C=O) groups is 4. The number of fused-ring (bicyclic) bond motifs is 1. The summed E-state index contributed by atoms with van der Waals surface area (Å²) in [5.74, 6) is -1.76. The largest absolute Gasteiger partial charge is 0.464 e. The standard InChI is InChI=1S/C25H31N3O6/c1-15(19(29)26-16(2)20(30)33-6)27-21(31)25-12-11-24(13-25,14-25)17-7-9-18(10-8-17)28-22(32)34-23(3,4)5/h7-10H,1-2,11-14H2,3-6H3,(H,26,29)(H,27,31)(H,28,32). The van der Waals surface area contributed by atoms with Crippen LogP contribution in [0.3, 0.4) is 0 Å². The van der Waals surface area contributed by atoms with Crippen LogP contribution in [0.25, 0.3) is 0 Å². The van der Waals surface area contributed by atoms with E-state index in [2.05, 4.69) is 33.8 Å². The van der Waals surface area contributed by atoms with Crippen molar-refractivity contribution in [2.24, 2.45) is 5.41 Å². The second kappa shape index (κ2) is 8.96. The number of rotatable bonds is 7. The smallest absolute Gasteiger partial charge is 0.412 e. The van der Waals surface area contributed by atoms with Crippen LogP contribution in [0.4, 0.5) is 10.5 Å². The number of amides is 3. The number of hydrogen-bond acceptors (Lipinski definition) is 6. The van der Waals surface area contributed by atoms with Crippen molar-refractivity contribution in [2.75, 3.05) is 12.4 Å². The van der Waals surface area contributed by atoms with Crippen LogP contribution in [-0.4, -0.2) is 36.6 Å². The zero-order chi connectivity index (χ0) is 25.3. The summed E-state index contributed by atoms with van der Waals surface area (Å²) in [6.07, 6.45) is 2.35. The highest BCUT2D eigenvalue weighted by Crippen LogP contribution is 2.67. The van der Waals surface area contributed by atoms with E-state index in [1.54, 1.807) is 20.8 Å². The Bertz CT molecular complexity index is 1050. The minimum atomic E-state index is -0.780. The molecule has 3 aliphatic carbocycles. The van der Waals surface area contributed by atoms with E-state index in [4.69, 9.17) is 4.74 Å². The van der Waals surface area contributed by atoms with E-state index in [0.717, 1.165) is 12.0 Å². The van der Waals surface area contributed by atoms with Crippen LogP contribution in [0.5, 0.6) is 0 Å². The van der Waals surface area contributed by atoms with Crippen molar-refractivity contribution in [1.29, 1.82) is 0 Å². The van der Waals surface area contributed by atoms with Gasteiger partial charge in [0.2, 0.25) is 5.91 Å². The predicted molar refractivity (Wildman–Crippen MR) is 125 cm³/mol. The molecule has 3 aliphatic rings. The molecular weight excluding hydrogens is 438 g/mol. The van der Waals surface area contributed by atoms with Crippen LogP contribution in [-0.2, 0) is 29.3 Å². The van der Waals surface area contributed by atoms with Gasteiger partial charge in [-0.25, -0.2) is 9.59 Å². The van der Waals surface area contributed by atoms with Gasteiger partial charge in [0.25, 0.3) is 5.91 Å². The summed E-state index contributed by atoms with van der Waals surface area (Å²) in [5.41, 5.74) is 0.0890. The molecule has 9 nitrogen and oxygen atoms in total. The van der Waals surface area contributed by atoms with Crippen molar-refractivity contribution < 1.29 is 28.7 Å². The molecule has 0 aromatic heterocycles. The van der Waals surface area contributed by atoms with E-state index in [1.165, 1.54) is 7.11 Å². The fraction of sp³-hybridized carbons (Fsp3) is 0.440. The molecule has 2 bridgehead atoms.